The standard InChI is InChI=1S/C17H19BrF2N4O2S/c1-16(2)8-14(22-26-16)27-10-13-15(17(18,19)20)21-23-24(13)9-11-4-6-12(25-3)7-5-11/h4-7H,8-10H2,1-3H3. The van der Waals surface area contributed by atoms with Gasteiger partial charge in [0.1, 0.15) is 16.4 Å². The van der Waals surface area contributed by atoms with Gasteiger partial charge in [0.05, 0.1) is 19.3 Å². The molecule has 0 saturated heterocycles. The molecule has 2 heterocycles. The number of nitrogens with zero attached hydrogens (tertiary/aromatic N) is 4. The highest BCUT2D eigenvalue weighted by Crippen LogP contribution is 2.37. The van der Waals surface area contributed by atoms with E-state index in [4.69, 9.17) is 9.57 Å². The Bertz CT molecular complexity index is 834. The number of hydrogen-bond acceptors (Lipinski definition) is 6. The third-order valence-corrected chi connectivity index (χ3v) is 5.29. The molecule has 1 aliphatic rings. The number of thioether (sulfide) groups is 1. The normalized spacial score (nSPS) is 16.1. The quantitative estimate of drug-likeness (QED) is 0.592. The van der Waals surface area contributed by atoms with Crippen molar-refractivity contribution in [3.05, 3.63) is 41.2 Å². The average Bonchev–Trinajstić information content (AvgIpc) is 3.16. The fraction of sp³-hybridized carbons (Fsp3) is 0.471. The van der Waals surface area contributed by atoms with Gasteiger partial charge in [0.15, 0.2) is 5.69 Å². The first-order chi connectivity index (χ1) is 12.7. The molecule has 146 valence electrons. The van der Waals surface area contributed by atoms with Gasteiger partial charge >= 0.3 is 4.83 Å². The summed E-state index contributed by atoms with van der Waals surface area (Å²) in [6.45, 7) is 4.18. The van der Waals surface area contributed by atoms with Gasteiger partial charge in [-0.2, -0.15) is 8.78 Å². The molecule has 1 aromatic carbocycles. The zero-order valence-electron chi connectivity index (χ0n) is 15.1. The summed E-state index contributed by atoms with van der Waals surface area (Å²) in [6, 6.07) is 7.35. The maximum absolute atomic E-state index is 13.9. The van der Waals surface area contributed by atoms with Crippen molar-refractivity contribution in [2.75, 3.05) is 7.11 Å². The molecule has 1 aromatic heterocycles. The maximum atomic E-state index is 13.9. The molecule has 1 aliphatic heterocycles. The van der Waals surface area contributed by atoms with Crippen LogP contribution in [0.1, 0.15) is 37.2 Å². The number of aromatic nitrogens is 3. The Morgan fingerprint density at radius 3 is 2.59 bits per heavy atom. The lowest BCUT2D eigenvalue weighted by atomic mass is 10.1. The molecule has 0 N–H and O–H groups in total. The van der Waals surface area contributed by atoms with Gasteiger partial charge in [0.2, 0.25) is 0 Å². The number of oxime groups is 1. The zero-order chi connectivity index (χ0) is 19.7. The van der Waals surface area contributed by atoms with Gasteiger partial charge in [-0.3, -0.25) is 0 Å². The molecule has 6 nitrogen and oxygen atoms in total. The number of methoxy groups -OCH3 is 1. The van der Waals surface area contributed by atoms with Crippen molar-refractivity contribution in [1.82, 2.24) is 15.0 Å². The summed E-state index contributed by atoms with van der Waals surface area (Å²) < 4.78 is 34.4. The van der Waals surface area contributed by atoms with E-state index >= 15 is 0 Å². The number of alkyl halides is 3. The summed E-state index contributed by atoms with van der Waals surface area (Å²) >= 11 is 3.75. The number of halogens is 3. The van der Waals surface area contributed by atoms with E-state index in [-0.39, 0.29) is 17.0 Å². The molecule has 0 radical (unpaired) electrons. The van der Waals surface area contributed by atoms with Gasteiger partial charge in [-0.15, -0.1) is 16.9 Å². The van der Waals surface area contributed by atoms with Gasteiger partial charge in [-0.1, -0.05) is 22.5 Å². The topological polar surface area (TPSA) is 61.5 Å². The first-order valence-corrected chi connectivity index (χ1v) is 9.96. The molecule has 0 amide bonds. The van der Waals surface area contributed by atoms with Crippen LogP contribution in [0.3, 0.4) is 0 Å². The van der Waals surface area contributed by atoms with Crippen LogP contribution in [0.5, 0.6) is 5.75 Å². The van der Waals surface area contributed by atoms with E-state index in [1.54, 1.807) is 7.11 Å². The van der Waals surface area contributed by atoms with Crippen LogP contribution < -0.4 is 4.74 Å². The Kier molecular flexibility index (Phi) is 5.76. The second-order valence-electron chi connectivity index (χ2n) is 6.69. The van der Waals surface area contributed by atoms with Crippen molar-refractivity contribution >= 4 is 32.7 Å². The van der Waals surface area contributed by atoms with Crippen molar-refractivity contribution in [2.45, 2.75) is 43.0 Å². The summed E-state index contributed by atoms with van der Waals surface area (Å²) in [5.41, 5.74) is 0.484. The van der Waals surface area contributed by atoms with Crippen LogP contribution >= 0.6 is 27.7 Å². The minimum Gasteiger partial charge on any atom is -0.497 e. The monoisotopic (exact) mass is 460 g/mol. The summed E-state index contributed by atoms with van der Waals surface area (Å²) in [6.07, 6.45) is 0.637. The van der Waals surface area contributed by atoms with Gasteiger partial charge in [0, 0.05) is 12.2 Å². The molecule has 0 aliphatic carbocycles. The molecule has 10 heteroatoms. The lowest BCUT2D eigenvalue weighted by Crippen LogP contribution is -2.18. The smallest absolute Gasteiger partial charge is 0.346 e. The molecule has 3 rings (SSSR count). The summed E-state index contributed by atoms with van der Waals surface area (Å²) in [4.78, 5) is 2.07. The molecule has 0 spiro atoms. The number of rotatable bonds is 6. The highest BCUT2D eigenvalue weighted by atomic mass is 79.9. The minimum absolute atomic E-state index is 0.262. The average molecular weight is 461 g/mol. The summed E-state index contributed by atoms with van der Waals surface area (Å²) in [5.74, 6) is 0.987. The number of hydrogen-bond donors (Lipinski definition) is 0. The van der Waals surface area contributed by atoms with Crippen LogP contribution in [-0.4, -0.2) is 32.7 Å². The Morgan fingerprint density at radius 2 is 2.04 bits per heavy atom. The lowest BCUT2D eigenvalue weighted by Gasteiger charge is -2.13. The lowest BCUT2D eigenvalue weighted by molar-refractivity contribution is 0.0123. The Hall–Kier alpha value is -1.68. The van der Waals surface area contributed by atoms with Gasteiger partial charge in [-0.25, -0.2) is 4.68 Å². The van der Waals surface area contributed by atoms with E-state index in [1.807, 2.05) is 38.1 Å². The van der Waals surface area contributed by atoms with Crippen LogP contribution in [0.25, 0.3) is 0 Å². The maximum Gasteiger partial charge on any atom is 0.346 e. The first-order valence-electron chi connectivity index (χ1n) is 8.18. The largest absolute Gasteiger partial charge is 0.497 e. The van der Waals surface area contributed by atoms with Crippen molar-refractivity contribution < 1.29 is 18.4 Å². The highest BCUT2D eigenvalue weighted by molar-refractivity contribution is 9.09. The number of ether oxygens (including phenoxy) is 1. The van der Waals surface area contributed by atoms with Crippen molar-refractivity contribution in [1.29, 1.82) is 0 Å². The van der Waals surface area contributed by atoms with Crippen molar-refractivity contribution in [3.63, 3.8) is 0 Å². The summed E-state index contributed by atoms with van der Waals surface area (Å²) in [7, 11) is 1.59. The second kappa shape index (κ2) is 7.75. The SMILES string of the molecule is COc1ccc(Cn2nnc(C(F)(F)Br)c2CSC2=NOC(C)(C)C2)cc1. The van der Waals surface area contributed by atoms with Crippen molar-refractivity contribution in [2.24, 2.45) is 5.16 Å². The molecule has 2 aromatic rings. The predicted octanol–water partition coefficient (Wildman–Crippen LogP) is 4.52. The Balaban J connectivity index is 1.80. The third-order valence-electron chi connectivity index (χ3n) is 3.94. The van der Waals surface area contributed by atoms with E-state index in [0.29, 0.717) is 18.7 Å². The van der Waals surface area contributed by atoms with Crippen molar-refractivity contribution in [3.8, 4) is 5.75 Å². The van der Waals surface area contributed by atoms with Crippen LogP contribution in [-0.2, 0) is 22.0 Å². The van der Waals surface area contributed by atoms with Crippen LogP contribution in [0, 0.1) is 0 Å². The van der Waals surface area contributed by atoms with Crippen LogP contribution in [0.2, 0.25) is 0 Å². The second-order valence-corrected chi connectivity index (χ2v) is 8.73. The minimum atomic E-state index is -3.26. The molecule has 0 saturated carbocycles. The highest BCUT2D eigenvalue weighted by Gasteiger charge is 2.36. The molecule has 0 bridgehead atoms. The van der Waals surface area contributed by atoms with E-state index in [1.165, 1.54) is 16.4 Å². The fourth-order valence-corrected chi connectivity index (χ4v) is 4.00. The molecular formula is C17H19BrF2N4O2S. The predicted molar refractivity (Wildman–Crippen MR) is 103 cm³/mol. The molecular weight excluding hydrogens is 442 g/mol. The van der Waals surface area contributed by atoms with E-state index in [0.717, 1.165) is 16.4 Å². The zero-order valence-corrected chi connectivity index (χ0v) is 17.5. The molecule has 27 heavy (non-hydrogen) atoms. The van der Waals surface area contributed by atoms with Gasteiger partial charge in [-0.05, 0) is 47.5 Å². The Morgan fingerprint density at radius 1 is 1.33 bits per heavy atom. The van der Waals surface area contributed by atoms with E-state index in [2.05, 4.69) is 31.4 Å². The molecule has 0 atom stereocenters. The fourth-order valence-electron chi connectivity index (χ4n) is 2.56. The van der Waals surface area contributed by atoms with Gasteiger partial charge in [0.25, 0.3) is 0 Å². The van der Waals surface area contributed by atoms with Crippen LogP contribution in [0.4, 0.5) is 8.78 Å². The Labute approximate surface area is 168 Å². The first kappa shape index (κ1) is 20.1. The molecule has 0 unspecified atom stereocenters. The summed E-state index contributed by atoms with van der Waals surface area (Å²) in [5, 5.41) is 12.4. The third kappa shape index (κ3) is 4.98. The molecule has 0 fully saturated rings. The van der Waals surface area contributed by atoms with E-state index in [9.17, 15) is 8.78 Å². The van der Waals surface area contributed by atoms with E-state index < -0.39 is 4.83 Å². The van der Waals surface area contributed by atoms with Gasteiger partial charge < -0.3 is 9.57 Å². The number of benzene rings is 1. The van der Waals surface area contributed by atoms with Crippen LogP contribution in [0.15, 0.2) is 29.4 Å².